The summed E-state index contributed by atoms with van der Waals surface area (Å²) in [5, 5.41) is 10.1. The van der Waals surface area contributed by atoms with E-state index in [0.29, 0.717) is 15.6 Å². The van der Waals surface area contributed by atoms with Crippen molar-refractivity contribution < 1.29 is 0 Å². The van der Waals surface area contributed by atoms with E-state index in [9.17, 15) is 0 Å². The van der Waals surface area contributed by atoms with Crippen molar-refractivity contribution in [2.45, 2.75) is 0 Å². The van der Waals surface area contributed by atoms with Crippen LogP contribution in [0.25, 0.3) is 11.1 Å². The van der Waals surface area contributed by atoms with Crippen molar-refractivity contribution in [2.75, 3.05) is 0 Å². The van der Waals surface area contributed by atoms with Crippen LogP contribution in [0, 0.1) is 11.3 Å². The molecular formula is C13H7Cl2N. The third-order valence-corrected chi connectivity index (χ3v) is 2.64. The summed E-state index contributed by atoms with van der Waals surface area (Å²) < 4.78 is 0. The Morgan fingerprint density at radius 1 is 0.875 bits per heavy atom. The summed E-state index contributed by atoms with van der Waals surface area (Å²) in [7, 11) is 0. The zero-order valence-electron chi connectivity index (χ0n) is 8.24. The Kier molecular flexibility index (Phi) is 3.14. The largest absolute Gasteiger partial charge is 0.192 e. The fourth-order valence-electron chi connectivity index (χ4n) is 1.49. The van der Waals surface area contributed by atoms with E-state index in [4.69, 9.17) is 28.5 Å². The second kappa shape index (κ2) is 4.57. The zero-order valence-corrected chi connectivity index (χ0v) is 9.76. The van der Waals surface area contributed by atoms with Gasteiger partial charge in [0.2, 0.25) is 0 Å². The number of halogens is 2. The van der Waals surface area contributed by atoms with Crippen molar-refractivity contribution >= 4 is 23.2 Å². The molecule has 2 aromatic carbocycles. The number of benzene rings is 2. The summed E-state index contributed by atoms with van der Waals surface area (Å²) in [6, 6.07) is 14.8. The molecule has 0 aliphatic rings. The molecule has 0 aromatic heterocycles. The maximum absolute atomic E-state index is 8.85. The summed E-state index contributed by atoms with van der Waals surface area (Å²) in [5.74, 6) is 0. The summed E-state index contributed by atoms with van der Waals surface area (Å²) in [5.41, 5.74) is 2.39. The van der Waals surface area contributed by atoms with Crippen LogP contribution in [0.15, 0.2) is 42.5 Å². The van der Waals surface area contributed by atoms with Gasteiger partial charge in [0, 0.05) is 10.0 Å². The Bertz CT molecular complexity index is 570. The van der Waals surface area contributed by atoms with Crippen molar-refractivity contribution in [3.63, 3.8) is 0 Å². The molecule has 0 saturated heterocycles. The first-order chi connectivity index (χ1) is 7.69. The minimum atomic E-state index is 0.544. The van der Waals surface area contributed by atoms with Crippen LogP contribution in [-0.2, 0) is 0 Å². The highest BCUT2D eigenvalue weighted by Crippen LogP contribution is 2.26. The van der Waals surface area contributed by atoms with Crippen LogP contribution in [0.1, 0.15) is 5.56 Å². The summed E-state index contributed by atoms with van der Waals surface area (Å²) >= 11 is 11.8. The lowest BCUT2D eigenvalue weighted by Gasteiger charge is -2.03. The van der Waals surface area contributed by atoms with Crippen LogP contribution in [-0.4, -0.2) is 0 Å². The van der Waals surface area contributed by atoms with Gasteiger partial charge in [0.05, 0.1) is 11.6 Å². The van der Waals surface area contributed by atoms with Crippen LogP contribution in [0.3, 0.4) is 0 Å². The minimum absolute atomic E-state index is 0.544. The van der Waals surface area contributed by atoms with E-state index >= 15 is 0 Å². The molecule has 0 saturated carbocycles. The second-order valence-electron chi connectivity index (χ2n) is 3.35. The highest BCUT2D eigenvalue weighted by atomic mass is 35.5. The van der Waals surface area contributed by atoms with Crippen molar-refractivity contribution in [1.29, 1.82) is 5.26 Å². The van der Waals surface area contributed by atoms with Gasteiger partial charge in [0.1, 0.15) is 0 Å². The number of hydrogen-bond donors (Lipinski definition) is 0. The standard InChI is InChI=1S/C13H7Cl2N/c14-12-3-1-2-10(6-12)11-4-9(8-16)5-13(15)7-11/h1-7H. The summed E-state index contributed by atoms with van der Waals surface area (Å²) in [6.07, 6.45) is 0. The smallest absolute Gasteiger partial charge is 0.0992 e. The molecule has 16 heavy (non-hydrogen) atoms. The van der Waals surface area contributed by atoms with E-state index in [1.165, 1.54) is 0 Å². The first-order valence-electron chi connectivity index (χ1n) is 4.65. The molecule has 0 aliphatic carbocycles. The molecule has 0 fully saturated rings. The highest BCUT2D eigenvalue weighted by molar-refractivity contribution is 6.31. The third kappa shape index (κ3) is 2.36. The zero-order chi connectivity index (χ0) is 11.5. The van der Waals surface area contributed by atoms with Crippen molar-refractivity contribution in [2.24, 2.45) is 0 Å². The Morgan fingerprint density at radius 3 is 2.31 bits per heavy atom. The van der Waals surface area contributed by atoms with Crippen molar-refractivity contribution in [1.82, 2.24) is 0 Å². The molecule has 0 radical (unpaired) electrons. The monoisotopic (exact) mass is 247 g/mol. The van der Waals surface area contributed by atoms with Gasteiger partial charge in [-0.3, -0.25) is 0 Å². The Hall–Kier alpha value is -1.49. The van der Waals surface area contributed by atoms with Crippen molar-refractivity contribution in [3.05, 3.63) is 58.1 Å². The molecule has 1 nitrogen and oxygen atoms in total. The van der Waals surface area contributed by atoms with Crippen LogP contribution in [0.2, 0.25) is 10.0 Å². The Balaban J connectivity index is 2.56. The lowest BCUT2D eigenvalue weighted by Crippen LogP contribution is -1.81. The predicted octanol–water partition coefficient (Wildman–Crippen LogP) is 4.53. The molecule has 2 aromatic rings. The lowest BCUT2D eigenvalue weighted by atomic mass is 10.0. The van der Waals surface area contributed by atoms with E-state index in [0.717, 1.165) is 11.1 Å². The van der Waals surface area contributed by atoms with E-state index in [-0.39, 0.29) is 0 Å². The molecular weight excluding hydrogens is 241 g/mol. The van der Waals surface area contributed by atoms with Gasteiger partial charge in [-0.2, -0.15) is 5.26 Å². The minimum Gasteiger partial charge on any atom is -0.192 e. The molecule has 0 atom stereocenters. The van der Waals surface area contributed by atoms with Gasteiger partial charge >= 0.3 is 0 Å². The normalized spacial score (nSPS) is 9.81. The first-order valence-corrected chi connectivity index (χ1v) is 5.41. The third-order valence-electron chi connectivity index (χ3n) is 2.18. The molecule has 0 spiro atoms. The number of rotatable bonds is 1. The molecule has 0 bridgehead atoms. The summed E-state index contributed by atoms with van der Waals surface area (Å²) in [4.78, 5) is 0. The van der Waals surface area contributed by atoms with Gasteiger partial charge in [-0.15, -0.1) is 0 Å². The van der Waals surface area contributed by atoms with E-state index in [1.807, 2.05) is 24.3 Å². The molecule has 2 rings (SSSR count). The molecule has 0 aliphatic heterocycles. The summed E-state index contributed by atoms with van der Waals surface area (Å²) in [6.45, 7) is 0. The molecule has 0 N–H and O–H groups in total. The fraction of sp³-hybridized carbons (Fsp3) is 0. The average Bonchev–Trinajstić information content (AvgIpc) is 2.28. The van der Waals surface area contributed by atoms with Crippen LogP contribution in [0.5, 0.6) is 0 Å². The molecule has 0 heterocycles. The molecule has 0 unspecified atom stereocenters. The lowest BCUT2D eigenvalue weighted by molar-refractivity contribution is 1.48. The molecule has 78 valence electrons. The predicted molar refractivity (Wildman–Crippen MR) is 66.6 cm³/mol. The first kappa shape index (κ1) is 11.0. The SMILES string of the molecule is N#Cc1cc(Cl)cc(-c2cccc(Cl)c2)c1. The number of nitrogens with zero attached hydrogens (tertiary/aromatic N) is 1. The Morgan fingerprint density at radius 2 is 1.62 bits per heavy atom. The van der Waals surface area contributed by atoms with Gasteiger partial charge in [-0.1, -0.05) is 35.3 Å². The van der Waals surface area contributed by atoms with E-state index < -0.39 is 0 Å². The second-order valence-corrected chi connectivity index (χ2v) is 4.22. The van der Waals surface area contributed by atoms with Gasteiger partial charge in [0.25, 0.3) is 0 Å². The van der Waals surface area contributed by atoms with Crippen LogP contribution >= 0.6 is 23.2 Å². The fourth-order valence-corrected chi connectivity index (χ4v) is 1.91. The Labute approximate surface area is 104 Å². The van der Waals surface area contributed by atoms with Gasteiger partial charge in [0.15, 0.2) is 0 Å². The van der Waals surface area contributed by atoms with Crippen LogP contribution in [0.4, 0.5) is 0 Å². The highest BCUT2D eigenvalue weighted by Gasteiger charge is 2.02. The van der Waals surface area contributed by atoms with Crippen molar-refractivity contribution in [3.8, 4) is 17.2 Å². The molecule has 0 amide bonds. The average molecular weight is 248 g/mol. The maximum atomic E-state index is 8.85. The van der Waals surface area contributed by atoms with Gasteiger partial charge in [-0.25, -0.2) is 0 Å². The molecule has 3 heteroatoms. The number of hydrogen-bond acceptors (Lipinski definition) is 1. The van der Waals surface area contributed by atoms with Gasteiger partial charge in [-0.05, 0) is 41.5 Å². The van der Waals surface area contributed by atoms with Crippen LogP contribution < -0.4 is 0 Å². The topological polar surface area (TPSA) is 23.8 Å². The maximum Gasteiger partial charge on any atom is 0.0992 e. The van der Waals surface area contributed by atoms with Gasteiger partial charge < -0.3 is 0 Å². The number of nitriles is 1. The van der Waals surface area contributed by atoms with E-state index in [2.05, 4.69) is 6.07 Å². The van der Waals surface area contributed by atoms with E-state index in [1.54, 1.807) is 18.2 Å². The quantitative estimate of drug-likeness (QED) is 0.727.